The predicted octanol–water partition coefficient (Wildman–Crippen LogP) is 3.95. The van der Waals surface area contributed by atoms with Crippen molar-refractivity contribution < 1.29 is 28.5 Å². The lowest BCUT2D eigenvalue weighted by Crippen LogP contribution is -2.34. The summed E-state index contributed by atoms with van der Waals surface area (Å²) in [6.07, 6.45) is 1.96. The van der Waals surface area contributed by atoms with Crippen LogP contribution in [0.25, 0.3) is 0 Å². The third-order valence-corrected chi connectivity index (χ3v) is 5.86. The van der Waals surface area contributed by atoms with Crippen LogP contribution >= 0.6 is 0 Å². The molecule has 0 spiro atoms. The van der Waals surface area contributed by atoms with Gasteiger partial charge in [0.25, 0.3) is 0 Å². The van der Waals surface area contributed by atoms with E-state index in [9.17, 15) is 9.59 Å². The molecule has 2 heterocycles. The highest BCUT2D eigenvalue weighted by Gasteiger charge is 2.32. The fourth-order valence-electron chi connectivity index (χ4n) is 4.23. The molecule has 2 aromatic rings. The van der Waals surface area contributed by atoms with Gasteiger partial charge >= 0.3 is 0 Å². The summed E-state index contributed by atoms with van der Waals surface area (Å²) in [5, 5.41) is 2.85. The average molecular weight is 469 g/mol. The van der Waals surface area contributed by atoms with E-state index in [1.807, 2.05) is 44.2 Å². The Morgan fingerprint density at radius 3 is 2.65 bits per heavy atom. The van der Waals surface area contributed by atoms with Crippen LogP contribution in [0, 0.1) is 0 Å². The molecule has 0 saturated carbocycles. The predicted molar refractivity (Wildman–Crippen MR) is 127 cm³/mol. The van der Waals surface area contributed by atoms with E-state index in [0.29, 0.717) is 36.8 Å². The minimum atomic E-state index is -0.277. The Kier molecular flexibility index (Phi) is 7.57. The van der Waals surface area contributed by atoms with Gasteiger partial charge in [0.1, 0.15) is 5.75 Å². The number of rotatable bonds is 9. The minimum Gasteiger partial charge on any atom is -0.493 e. The fraction of sp³-hybridized carbons (Fsp3) is 0.462. The molecule has 2 amide bonds. The second-order valence-corrected chi connectivity index (χ2v) is 8.89. The number of methoxy groups -OCH3 is 1. The van der Waals surface area contributed by atoms with E-state index in [1.165, 1.54) is 0 Å². The molecule has 0 aliphatic carbocycles. The number of nitrogens with one attached hydrogen (secondary N) is 1. The van der Waals surface area contributed by atoms with Crippen molar-refractivity contribution in [2.45, 2.75) is 51.4 Å². The van der Waals surface area contributed by atoms with Crippen LogP contribution < -0.4 is 19.5 Å². The summed E-state index contributed by atoms with van der Waals surface area (Å²) >= 11 is 0. The first-order chi connectivity index (χ1) is 16.4. The molecular weight excluding hydrogens is 436 g/mol. The lowest BCUT2D eigenvalue weighted by molar-refractivity contribution is -0.131. The van der Waals surface area contributed by atoms with E-state index in [-0.39, 0.29) is 36.7 Å². The van der Waals surface area contributed by atoms with E-state index < -0.39 is 0 Å². The smallest absolute Gasteiger partial charge is 0.243 e. The van der Waals surface area contributed by atoms with Crippen molar-refractivity contribution >= 4 is 17.5 Å². The van der Waals surface area contributed by atoms with Crippen molar-refractivity contribution in [3.05, 3.63) is 48.0 Å². The first kappa shape index (κ1) is 23.9. The summed E-state index contributed by atoms with van der Waals surface area (Å²) in [5.41, 5.74) is 1.64. The molecule has 4 rings (SSSR count). The summed E-state index contributed by atoms with van der Waals surface area (Å²) in [7, 11) is 1.60. The molecular formula is C26H32N2O6. The quantitative estimate of drug-likeness (QED) is 0.600. The summed E-state index contributed by atoms with van der Waals surface area (Å²) in [6.45, 7) is 5.09. The first-order valence-corrected chi connectivity index (χ1v) is 11.7. The van der Waals surface area contributed by atoms with Crippen LogP contribution in [0.5, 0.6) is 17.2 Å². The molecule has 2 saturated heterocycles. The zero-order valence-electron chi connectivity index (χ0n) is 19.9. The molecule has 2 aliphatic rings. The van der Waals surface area contributed by atoms with Crippen LogP contribution in [0.3, 0.4) is 0 Å². The zero-order valence-corrected chi connectivity index (χ0v) is 19.9. The van der Waals surface area contributed by atoms with Gasteiger partial charge in [-0.15, -0.1) is 0 Å². The standard InChI is InChI=1S/C26H32N2O6/c1-17(2)33-21-9-7-20(8-10-21)27-24(29)16-28-15-19(14-25(28)30)18-6-11-22(31-3)23(13-18)34-26-5-4-12-32-26/h6-11,13,17,19,26H,4-5,12,14-16H2,1-3H3,(H,27,29)/t19-,26?/m1/s1. The fourth-order valence-corrected chi connectivity index (χ4v) is 4.23. The number of benzene rings is 2. The number of hydrogen-bond acceptors (Lipinski definition) is 6. The number of hydrogen-bond donors (Lipinski definition) is 1. The molecule has 1 N–H and O–H groups in total. The van der Waals surface area contributed by atoms with Crippen molar-refractivity contribution in [2.75, 3.05) is 32.1 Å². The topological polar surface area (TPSA) is 86.3 Å². The van der Waals surface area contributed by atoms with Crippen molar-refractivity contribution in [3.63, 3.8) is 0 Å². The summed E-state index contributed by atoms with van der Waals surface area (Å²) in [6, 6.07) is 12.9. The normalized spacial score (nSPS) is 20.0. The van der Waals surface area contributed by atoms with Crippen molar-refractivity contribution in [2.24, 2.45) is 0 Å². The van der Waals surface area contributed by atoms with E-state index >= 15 is 0 Å². The summed E-state index contributed by atoms with van der Waals surface area (Å²) in [4.78, 5) is 26.8. The molecule has 2 atom stereocenters. The van der Waals surface area contributed by atoms with Gasteiger partial charge in [0.15, 0.2) is 17.8 Å². The Bertz CT molecular complexity index is 1000. The molecule has 0 bridgehead atoms. The molecule has 2 aliphatic heterocycles. The number of carbonyl (C=O) groups is 2. The highest BCUT2D eigenvalue weighted by molar-refractivity contribution is 5.95. The molecule has 0 radical (unpaired) electrons. The molecule has 2 aromatic carbocycles. The summed E-state index contributed by atoms with van der Waals surface area (Å²) < 4.78 is 22.6. The SMILES string of the molecule is COc1ccc([C@@H]2CC(=O)N(CC(=O)Nc3ccc(OC(C)C)cc3)C2)cc1OC1CCCO1. The molecule has 1 unspecified atom stereocenters. The lowest BCUT2D eigenvalue weighted by atomic mass is 9.98. The van der Waals surface area contributed by atoms with Gasteiger partial charge in [-0.2, -0.15) is 0 Å². The van der Waals surface area contributed by atoms with Crippen LogP contribution in [0.2, 0.25) is 0 Å². The molecule has 2 fully saturated rings. The number of likely N-dealkylation sites (tertiary alicyclic amines) is 1. The van der Waals surface area contributed by atoms with E-state index in [1.54, 1.807) is 24.1 Å². The number of nitrogens with zero attached hydrogens (tertiary/aromatic N) is 1. The Labute approximate surface area is 200 Å². The van der Waals surface area contributed by atoms with E-state index in [2.05, 4.69) is 5.32 Å². The molecule has 182 valence electrons. The van der Waals surface area contributed by atoms with Crippen LogP contribution in [-0.2, 0) is 14.3 Å². The van der Waals surface area contributed by atoms with Crippen molar-refractivity contribution in [3.8, 4) is 17.2 Å². The van der Waals surface area contributed by atoms with Crippen molar-refractivity contribution in [1.29, 1.82) is 0 Å². The second kappa shape index (κ2) is 10.8. The first-order valence-electron chi connectivity index (χ1n) is 11.7. The third-order valence-electron chi connectivity index (χ3n) is 5.86. The number of ether oxygens (including phenoxy) is 4. The Balaban J connectivity index is 1.35. The summed E-state index contributed by atoms with van der Waals surface area (Å²) in [5.74, 6) is 1.69. The maximum atomic E-state index is 12.6. The third kappa shape index (κ3) is 5.99. The van der Waals surface area contributed by atoms with E-state index in [0.717, 1.165) is 24.2 Å². The van der Waals surface area contributed by atoms with Gasteiger partial charge in [0.05, 0.1) is 26.4 Å². The van der Waals surface area contributed by atoms with Crippen LogP contribution in [0.15, 0.2) is 42.5 Å². The van der Waals surface area contributed by atoms with Gasteiger partial charge < -0.3 is 29.2 Å². The molecule has 8 nitrogen and oxygen atoms in total. The maximum Gasteiger partial charge on any atom is 0.243 e. The van der Waals surface area contributed by atoms with Crippen molar-refractivity contribution in [1.82, 2.24) is 4.90 Å². The highest BCUT2D eigenvalue weighted by Crippen LogP contribution is 2.36. The minimum absolute atomic E-state index is 0.00893. The Morgan fingerprint density at radius 1 is 1.18 bits per heavy atom. The lowest BCUT2D eigenvalue weighted by Gasteiger charge is -2.19. The van der Waals surface area contributed by atoms with E-state index in [4.69, 9.17) is 18.9 Å². The number of anilines is 1. The Hall–Kier alpha value is -3.26. The van der Waals surface area contributed by atoms with Gasteiger partial charge in [-0.25, -0.2) is 0 Å². The monoisotopic (exact) mass is 468 g/mol. The maximum absolute atomic E-state index is 12.6. The number of amides is 2. The van der Waals surface area contributed by atoms with Gasteiger partial charge in [-0.3, -0.25) is 9.59 Å². The van der Waals surface area contributed by atoms with Crippen LogP contribution in [-0.4, -0.2) is 55.9 Å². The average Bonchev–Trinajstić information content (AvgIpc) is 3.44. The van der Waals surface area contributed by atoms with Gasteiger partial charge in [0.2, 0.25) is 11.8 Å². The second-order valence-electron chi connectivity index (χ2n) is 8.89. The molecule has 8 heteroatoms. The number of carbonyl (C=O) groups excluding carboxylic acids is 2. The van der Waals surface area contributed by atoms with Gasteiger partial charge in [0, 0.05) is 31.0 Å². The Morgan fingerprint density at radius 2 is 1.97 bits per heavy atom. The molecule has 0 aromatic heterocycles. The van der Waals surface area contributed by atoms with Gasteiger partial charge in [-0.1, -0.05) is 6.07 Å². The largest absolute Gasteiger partial charge is 0.493 e. The molecule has 34 heavy (non-hydrogen) atoms. The highest BCUT2D eigenvalue weighted by atomic mass is 16.7. The van der Waals surface area contributed by atoms with Crippen LogP contribution in [0.1, 0.15) is 44.6 Å². The van der Waals surface area contributed by atoms with Crippen LogP contribution in [0.4, 0.5) is 5.69 Å². The van der Waals surface area contributed by atoms with Gasteiger partial charge in [-0.05, 0) is 62.2 Å². The zero-order chi connectivity index (χ0) is 24.1.